The maximum absolute atomic E-state index is 13.0. The molecule has 2 heterocycles. The van der Waals surface area contributed by atoms with Crippen molar-refractivity contribution in [3.05, 3.63) is 35.9 Å². The summed E-state index contributed by atoms with van der Waals surface area (Å²) in [5.41, 5.74) is 1.05. The highest BCUT2D eigenvalue weighted by Gasteiger charge is 2.33. The van der Waals surface area contributed by atoms with E-state index in [1.54, 1.807) is 0 Å². The molecule has 0 bridgehead atoms. The summed E-state index contributed by atoms with van der Waals surface area (Å²) in [5.74, 6) is 0.465. The predicted molar refractivity (Wildman–Crippen MR) is 109 cm³/mol. The molecule has 1 atom stereocenters. The third-order valence-electron chi connectivity index (χ3n) is 6.35. The van der Waals surface area contributed by atoms with Gasteiger partial charge in [0.2, 0.25) is 5.91 Å². The summed E-state index contributed by atoms with van der Waals surface area (Å²) in [7, 11) is 2.18. The van der Waals surface area contributed by atoms with Gasteiger partial charge in [0, 0.05) is 19.6 Å². The van der Waals surface area contributed by atoms with Crippen LogP contribution in [0.2, 0.25) is 0 Å². The zero-order chi connectivity index (χ0) is 19.9. The number of amides is 1. The third kappa shape index (κ3) is 5.79. The summed E-state index contributed by atoms with van der Waals surface area (Å²) >= 11 is 0. The van der Waals surface area contributed by atoms with Crippen LogP contribution in [0.3, 0.4) is 0 Å². The number of benzene rings is 1. The lowest BCUT2D eigenvalue weighted by Crippen LogP contribution is -2.50. The van der Waals surface area contributed by atoms with Gasteiger partial charge in [0.1, 0.15) is 0 Å². The van der Waals surface area contributed by atoms with Crippen LogP contribution >= 0.6 is 0 Å². The molecule has 0 unspecified atom stereocenters. The molecule has 2 N–H and O–H groups in total. The number of rotatable bonds is 7. The largest absolute Gasteiger partial charge is 0.481 e. The Morgan fingerprint density at radius 3 is 2.18 bits per heavy atom. The molecule has 2 aliphatic heterocycles. The minimum atomic E-state index is -0.944. The van der Waals surface area contributed by atoms with Gasteiger partial charge < -0.3 is 20.2 Å². The van der Waals surface area contributed by atoms with Gasteiger partial charge in [-0.25, -0.2) is 0 Å². The zero-order valence-corrected chi connectivity index (χ0v) is 16.8. The molecule has 0 aliphatic carbocycles. The van der Waals surface area contributed by atoms with Crippen molar-refractivity contribution in [2.45, 2.75) is 44.7 Å². The van der Waals surface area contributed by atoms with Crippen molar-refractivity contribution in [3.63, 3.8) is 0 Å². The smallest absolute Gasteiger partial charge is 0.305 e. The highest BCUT2D eigenvalue weighted by molar-refractivity contribution is 5.86. The molecule has 2 fully saturated rings. The molecule has 154 valence electrons. The monoisotopic (exact) mass is 387 g/mol. The molecule has 28 heavy (non-hydrogen) atoms. The van der Waals surface area contributed by atoms with E-state index in [-0.39, 0.29) is 12.3 Å². The average molecular weight is 388 g/mol. The van der Waals surface area contributed by atoms with Crippen LogP contribution in [0.1, 0.15) is 37.7 Å². The lowest BCUT2D eigenvalue weighted by molar-refractivity contribution is -0.143. The van der Waals surface area contributed by atoms with Crippen molar-refractivity contribution in [3.8, 4) is 0 Å². The van der Waals surface area contributed by atoms with Crippen molar-refractivity contribution in [1.29, 1.82) is 0 Å². The molecule has 2 aliphatic rings. The molecule has 1 aromatic carbocycles. The molecule has 6 heteroatoms. The molecule has 3 rings (SSSR count). The SMILES string of the molecule is CN1CCC(C2CCN(C(=O)[C@@H](CC(=O)O)NCc3ccccc3)CC2)CC1. The normalized spacial score (nSPS) is 20.8. The van der Waals surface area contributed by atoms with E-state index in [1.165, 1.54) is 25.9 Å². The van der Waals surface area contributed by atoms with E-state index in [9.17, 15) is 14.7 Å². The first kappa shape index (κ1) is 20.8. The Kier molecular flexibility index (Phi) is 7.45. The Bertz CT molecular complexity index is 636. The van der Waals surface area contributed by atoms with E-state index in [0.29, 0.717) is 12.5 Å². The van der Waals surface area contributed by atoms with Gasteiger partial charge in [0.05, 0.1) is 12.5 Å². The number of carboxylic acid groups (broad SMARTS) is 1. The average Bonchev–Trinajstić information content (AvgIpc) is 2.72. The van der Waals surface area contributed by atoms with Crippen LogP contribution in [0.15, 0.2) is 30.3 Å². The van der Waals surface area contributed by atoms with Gasteiger partial charge in [-0.3, -0.25) is 9.59 Å². The van der Waals surface area contributed by atoms with E-state index in [4.69, 9.17) is 0 Å². The second kappa shape index (κ2) is 10.0. The minimum absolute atomic E-state index is 0.0693. The van der Waals surface area contributed by atoms with Gasteiger partial charge in [-0.15, -0.1) is 0 Å². The fraction of sp³-hybridized carbons (Fsp3) is 0.636. The summed E-state index contributed by atoms with van der Waals surface area (Å²) in [6.07, 6.45) is 4.42. The van der Waals surface area contributed by atoms with Crippen LogP contribution in [0.4, 0.5) is 0 Å². The highest BCUT2D eigenvalue weighted by atomic mass is 16.4. The predicted octanol–water partition coefficient (Wildman–Crippen LogP) is 2.20. The van der Waals surface area contributed by atoms with E-state index in [1.807, 2.05) is 35.2 Å². The van der Waals surface area contributed by atoms with Crippen LogP contribution < -0.4 is 5.32 Å². The Hall–Kier alpha value is -1.92. The fourth-order valence-electron chi connectivity index (χ4n) is 4.57. The van der Waals surface area contributed by atoms with Gasteiger partial charge in [-0.1, -0.05) is 30.3 Å². The number of carboxylic acids is 1. The first-order valence-electron chi connectivity index (χ1n) is 10.5. The molecule has 0 radical (unpaired) electrons. The summed E-state index contributed by atoms with van der Waals surface area (Å²) in [4.78, 5) is 28.5. The molecule has 0 aromatic heterocycles. The van der Waals surface area contributed by atoms with Gasteiger partial charge in [0.25, 0.3) is 0 Å². The van der Waals surface area contributed by atoms with E-state index >= 15 is 0 Å². The number of piperidine rings is 2. The maximum Gasteiger partial charge on any atom is 0.305 e. The van der Waals surface area contributed by atoms with Crippen molar-refractivity contribution in [2.24, 2.45) is 11.8 Å². The van der Waals surface area contributed by atoms with Crippen LogP contribution in [0.5, 0.6) is 0 Å². The maximum atomic E-state index is 13.0. The number of carbonyl (C=O) groups is 2. The molecule has 1 amide bonds. The van der Waals surface area contributed by atoms with Crippen molar-refractivity contribution in [2.75, 3.05) is 33.2 Å². The van der Waals surface area contributed by atoms with Crippen molar-refractivity contribution in [1.82, 2.24) is 15.1 Å². The summed E-state index contributed by atoms with van der Waals surface area (Å²) in [6.45, 7) is 4.34. The molecular formula is C22H33N3O3. The number of likely N-dealkylation sites (tertiary alicyclic amines) is 2. The quantitative estimate of drug-likeness (QED) is 0.750. The number of carbonyl (C=O) groups excluding carboxylic acids is 1. The van der Waals surface area contributed by atoms with Crippen LogP contribution in [-0.4, -0.2) is 66.1 Å². The fourth-order valence-corrected chi connectivity index (χ4v) is 4.57. The van der Waals surface area contributed by atoms with Crippen LogP contribution in [-0.2, 0) is 16.1 Å². The lowest BCUT2D eigenvalue weighted by Gasteiger charge is -2.40. The Labute approximate surface area is 167 Å². The summed E-state index contributed by atoms with van der Waals surface area (Å²) in [6, 6.07) is 9.11. The van der Waals surface area contributed by atoms with Gasteiger partial charge in [-0.2, -0.15) is 0 Å². The first-order chi connectivity index (χ1) is 13.5. The zero-order valence-electron chi connectivity index (χ0n) is 16.8. The minimum Gasteiger partial charge on any atom is -0.481 e. The number of nitrogens with zero attached hydrogens (tertiary/aromatic N) is 2. The van der Waals surface area contributed by atoms with E-state index in [0.717, 1.165) is 37.4 Å². The third-order valence-corrected chi connectivity index (χ3v) is 6.35. The summed E-state index contributed by atoms with van der Waals surface area (Å²) < 4.78 is 0. The Morgan fingerprint density at radius 1 is 1.04 bits per heavy atom. The Morgan fingerprint density at radius 2 is 1.61 bits per heavy atom. The molecular weight excluding hydrogens is 354 g/mol. The molecule has 1 aromatic rings. The first-order valence-corrected chi connectivity index (χ1v) is 10.5. The van der Waals surface area contributed by atoms with Crippen LogP contribution in [0, 0.1) is 11.8 Å². The molecule has 0 saturated carbocycles. The second-order valence-electron chi connectivity index (χ2n) is 8.32. The second-order valence-corrected chi connectivity index (χ2v) is 8.32. The molecule has 6 nitrogen and oxygen atoms in total. The number of hydrogen-bond acceptors (Lipinski definition) is 4. The van der Waals surface area contributed by atoms with E-state index in [2.05, 4.69) is 17.3 Å². The topological polar surface area (TPSA) is 72.9 Å². The number of hydrogen-bond donors (Lipinski definition) is 2. The van der Waals surface area contributed by atoms with E-state index < -0.39 is 12.0 Å². The van der Waals surface area contributed by atoms with Gasteiger partial charge in [0.15, 0.2) is 0 Å². The standard InChI is InChI=1S/C22H33N3O3/c1-24-11-7-18(8-12-24)19-9-13-25(14-10-19)22(28)20(15-21(26)27)23-16-17-5-3-2-4-6-17/h2-6,18-20,23H,7-16H2,1H3,(H,26,27)/t20-/m1/s1. The number of nitrogens with one attached hydrogen (secondary N) is 1. The number of aliphatic carboxylic acids is 1. The van der Waals surface area contributed by atoms with Gasteiger partial charge >= 0.3 is 5.97 Å². The van der Waals surface area contributed by atoms with Crippen molar-refractivity contribution >= 4 is 11.9 Å². The molecule has 0 spiro atoms. The Balaban J connectivity index is 1.52. The van der Waals surface area contributed by atoms with Crippen LogP contribution in [0.25, 0.3) is 0 Å². The van der Waals surface area contributed by atoms with Crippen molar-refractivity contribution < 1.29 is 14.7 Å². The lowest BCUT2D eigenvalue weighted by atomic mass is 9.79. The summed E-state index contributed by atoms with van der Waals surface area (Å²) in [5, 5.41) is 12.4. The van der Waals surface area contributed by atoms with Gasteiger partial charge in [-0.05, 0) is 63.2 Å². The molecule has 2 saturated heterocycles. The highest BCUT2D eigenvalue weighted by Crippen LogP contribution is 2.32.